The van der Waals surface area contributed by atoms with E-state index in [9.17, 15) is 22.9 Å². The number of nitrogens with zero attached hydrogens (tertiary/aromatic N) is 1. The van der Waals surface area contributed by atoms with E-state index >= 15 is 0 Å². The van der Waals surface area contributed by atoms with Crippen molar-refractivity contribution in [2.24, 2.45) is 0 Å². The van der Waals surface area contributed by atoms with Gasteiger partial charge in [0.2, 0.25) is 0 Å². The van der Waals surface area contributed by atoms with Crippen molar-refractivity contribution in [1.82, 2.24) is 0 Å². The van der Waals surface area contributed by atoms with E-state index in [1.165, 1.54) is 6.08 Å². The Balaban J connectivity index is 5.00. The standard InChI is InChI=1S/C15H29NO5S/c1-4-8-14(17)15(18)13-16(9-5-2,10-6-3)11-7-12-22(19,20)21/h4,8,15,18H,5-7,9-13H2,1-3H3. The molecule has 0 aliphatic carbocycles. The summed E-state index contributed by atoms with van der Waals surface area (Å²) < 4.78 is 32.8. The molecule has 0 aromatic heterocycles. The molecule has 0 aliphatic rings. The van der Waals surface area contributed by atoms with Crippen LogP contribution in [0.4, 0.5) is 0 Å². The minimum Gasteiger partial charge on any atom is -0.748 e. The Bertz CT molecular complexity index is 453. The first-order valence-corrected chi connectivity index (χ1v) is 9.40. The molecule has 0 radical (unpaired) electrons. The second-order valence-corrected chi connectivity index (χ2v) is 7.25. The van der Waals surface area contributed by atoms with Crippen LogP contribution in [0.3, 0.4) is 0 Å². The summed E-state index contributed by atoms with van der Waals surface area (Å²) in [5.41, 5.74) is 0. The van der Waals surface area contributed by atoms with Gasteiger partial charge in [-0.15, -0.1) is 0 Å². The maximum atomic E-state index is 11.8. The number of aliphatic hydroxyl groups excluding tert-OH is 1. The van der Waals surface area contributed by atoms with E-state index in [0.717, 1.165) is 25.9 Å². The molecule has 0 fully saturated rings. The van der Waals surface area contributed by atoms with Gasteiger partial charge in [-0.1, -0.05) is 19.9 Å². The minimum absolute atomic E-state index is 0.246. The number of carbonyl (C=O) groups is 1. The zero-order chi connectivity index (χ0) is 17.2. The third kappa shape index (κ3) is 8.63. The first-order valence-electron chi connectivity index (χ1n) is 7.83. The Morgan fingerprint density at radius 1 is 1.23 bits per heavy atom. The molecule has 1 unspecified atom stereocenters. The van der Waals surface area contributed by atoms with Crippen LogP contribution in [0.5, 0.6) is 0 Å². The second-order valence-electron chi connectivity index (χ2n) is 5.73. The molecular formula is C15H29NO5S. The van der Waals surface area contributed by atoms with E-state index in [-0.39, 0.29) is 18.7 Å². The van der Waals surface area contributed by atoms with E-state index in [1.807, 2.05) is 13.8 Å². The maximum Gasteiger partial charge on any atom is 0.189 e. The molecule has 0 heterocycles. The summed E-state index contributed by atoms with van der Waals surface area (Å²) in [6.45, 7) is 7.94. The first-order chi connectivity index (χ1) is 10.2. The largest absolute Gasteiger partial charge is 0.748 e. The molecule has 0 aromatic carbocycles. The molecule has 130 valence electrons. The van der Waals surface area contributed by atoms with Crippen LogP contribution in [0.2, 0.25) is 0 Å². The van der Waals surface area contributed by atoms with Crippen molar-refractivity contribution in [2.75, 3.05) is 31.9 Å². The highest BCUT2D eigenvalue weighted by Gasteiger charge is 2.31. The summed E-state index contributed by atoms with van der Waals surface area (Å²) in [6, 6.07) is 0. The molecule has 6 nitrogen and oxygen atoms in total. The number of aliphatic hydroxyl groups is 1. The molecule has 7 heteroatoms. The normalized spacial score (nSPS) is 14.4. The molecule has 0 spiro atoms. The van der Waals surface area contributed by atoms with Gasteiger partial charge in [0.25, 0.3) is 0 Å². The molecule has 0 bridgehead atoms. The highest BCUT2D eigenvalue weighted by atomic mass is 32.2. The van der Waals surface area contributed by atoms with Crippen LogP contribution in [0, 0.1) is 0 Å². The lowest BCUT2D eigenvalue weighted by Crippen LogP contribution is -2.55. The van der Waals surface area contributed by atoms with Crippen LogP contribution >= 0.6 is 0 Å². The second kappa shape index (κ2) is 10.1. The Kier molecular flexibility index (Phi) is 9.75. The van der Waals surface area contributed by atoms with Gasteiger partial charge < -0.3 is 14.1 Å². The first kappa shape index (κ1) is 21.2. The van der Waals surface area contributed by atoms with E-state index in [0.29, 0.717) is 11.0 Å². The van der Waals surface area contributed by atoms with E-state index in [1.54, 1.807) is 13.0 Å². The third-order valence-electron chi connectivity index (χ3n) is 3.64. The number of rotatable bonds is 12. The van der Waals surface area contributed by atoms with Crippen LogP contribution in [0.1, 0.15) is 40.0 Å². The van der Waals surface area contributed by atoms with Gasteiger partial charge in [0, 0.05) is 12.2 Å². The van der Waals surface area contributed by atoms with Crippen LogP contribution in [-0.2, 0) is 14.9 Å². The van der Waals surface area contributed by atoms with Crippen molar-refractivity contribution < 1.29 is 27.4 Å². The predicted octanol–water partition coefficient (Wildman–Crippen LogP) is 1.06. The summed E-state index contributed by atoms with van der Waals surface area (Å²) >= 11 is 0. The lowest BCUT2D eigenvalue weighted by Gasteiger charge is -2.39. The Labute approximate surface area is 134 Å². The summed E-state index contributed by atoms with van der Waals surface area (Å²) in [5.74, 6) is -0.743. The van der Waals surface area contributed by atoms with Gasteiger partial charge in [-0.3, -0.25) is 4.79 Å². The van der Waals surface area contributed by atoms with Crippen LogP contribution in [-0.4, -0.2) is 66.4 Å². The fourth-order valence-corrected chi connectivity index (χ4v) is 3.35. The van der Waals surface area contributed by atoms with Crippen LogP contribution in [0.15, 0.2) is 12.2 Å². The smallest absolute Gasteiger partial charge is 0.189 e. The molecule has 22 heavy (non-hydrogen) atoms. The van der Waals surface area contributed by atoms with Crippen molar-refractivity contribution in [3.63, 3.8) is 0 Å². The van der Waals surface area contributed by atoms with Crippen molar-refractivity contribution >= 4 is 15.9 Å². The summed E-state index contributed by atoms with van der Waals surface area (Å²) in [5, 5.41) is 10.1. The molecule has 0 aliphatic heterocycles. The molecule has 0 amide bonds. The number of carbonyl (C=O) groups excluding carboxylic acids is 1. The number of hydrogen-bond donors (Lipinski definition) is 1. The fraction of sp³-hybridized carbons (Fsp3) is 0.800. The summed E-state index contributed by atoms with van der Waals surface area (Å²) in [7, 11) is -4.23. The Morgan fingerprint density at radius 3 is 2.18 bits per heavy atom. The van der Waals surface area contributed by atoms with Crippen LogP contribution < -0.4 is 0 Å². The van der Waals surface area contributed by atoms with Gasteiger partial charge in [0.05, 0.1) is 29.8 Å². The molecule has 0 saturated heterocycles. The minimum atomic E-state index is -4.23. The van der Waals surface area contributed by atoms with Crippen molar-refractivity contribution in [3.8, 4) is 0 Å². The molecule has 0 saturated carbocycles. The molecule has 1 atom stereocenters. The maximum absolute atomic E-state index is 11.8. The zero-order valence-corrected chi connectivity index (χ0v) is 14.6. The number of ketones is 1. The lowest BCUT2D eigenvalue weighted by atomic mass is 10.1. The topological polar surface area (TPSA) is 94.5 Å². The summed E-state index contributed by atoms with van der Waals surface area (Å²) in [4.78, 5) is 11.8. The summed E-state index contributed by atoms with van der Waals surface area (Å²) in [6.07, 6.45) is 3.79. The molecular weight excluding hydrogens is 306 g/mol. The van der Waals surface area contributed by atoms with E-state index < -0.39 is 22.0 Å². The molecule has 1 N–H and O–H groups in total. The molecule has 0 aromatic rings. The van der Waals surface area contributed by atoms with Crippen LogP contribution in [0.25, 0.3) is 0 Å². The van der Waals surface area contributed by atoms with Gasteiger partial charge in [0.1, 0.15) is 6.54 Å². The van der Waals surface area contributed by atoms with Gasteiger partial charge in [-0.25, -0.2) is 8.42 Å². The quantitative estimate of drug-likeness (QED) is 0.327. The van der Waals surface area contributed by atoms with Gasteiger partial charge in [0.15, 0.2) is 11.9 Å². The fourth-order valence-electron chi connectivity index (χ4n) is 2.87. The highest BCUT2D eigenvalue weighted by Crippen LogP contribution is 2.14. The molecule has 0 rings (SSSR count). The van der Waals surface area contributed by atoms with Crippen molar-refractivity contribution in [3.05, 3.63) is 12.2 Å². The van der Waals surface area contributed by atoms with Gasteiger partial charge in [-0.05, 0) is 25.8 Å². The van der Waals surface area contributed by atoms with Gasteiger partial charge >= 0.3 is 0 Å². The number of allylic oxidation sites excluding steroid dienone is 1. The monoisotopic (exact) mass is 335 g/mol. The Morgan fingerprint density at radius 2 is 1.77 bits per heavy atom. The zero-order valence-electron chi connectivity index (χ0n) is 13.8. The average molecular weight is 335 g/mol. The van der Waals surface area contributed by atoms with E-state index in [2.05, 4.69) is 0 Å². The number of quaternary nitrogens is 1. The highest BCUT2D eigenvalue weighted by molar-refractivity contribution is 7.85. The number of hydrogen-bond acceptors (Lipinski definition) is 5. The van der Waals surface area contributed by atoms with Crippen molar-refractivity contribution in [1.29, 1.82) is 0 Å². The lowest BCUT2D eigenvalue weighted by molar-refractivity contribution is -0.930. The van der Waals surface area contributed by atoms with E-state index in [4.69, 9.17) is 0 Å². The van der Waals surface area contributed by atoms with Gasteiger partial charge in [-0.2, -0.15) is 0 Å². The SMILES string of the molecule is CC=CC(=O)C(O)C[N+](CCC)(CCC)CCCS(=O)(=O)[O-]. The predicted molar refractivity (Wildman–Crippen MR) is 85.3 cm³/mol. The Hall–Kier alpha value is -0.760. The van der Waals surface area contributed by atoms with Crippen molar-refractivity contribution in [2.45, 2.75) is 46.1 Å². The average Bonchev–Trinajstić information content (AvgIpc) is 2.38. The third-order valence-corrected chi connectivity index (χ3v) is 4.43.